The summed E-state index contributed by atoms with van der Waals surface area (Å²) in [6, 6.07) is 0. The minimum Gasteiger partial charge on any atom is -0.461 e. The molecule has 1 saturated heterocycles. The lowest BCUT2D eigenvalue weighted by molar-refractivity contribution is -0.155. The number of hydrogen-bond acceptors (Lipinski definition) is 8. The van der Waals surface area contributed by atoms with E-state index >= 15 is 0 Å². The van der Waals surface area contributed by atoms with Crippen molar-refractivity contribution in [1.82, 2.24) is 4.98 Å². The third-order valence-corrected chi connectivity index (χ3v) is 8.42. The van der Waals surface area contributed by atoms with E-state index in [1.165, 1.54) is 5.57 Å². The molecular weight excluding hydrogens is 478 g/mol. The molecule has 1 N–H and O–H groups in total. The number of carbonyl (C=O) groups is 3. The Hall–Kier alpha value is -2.32. The zero-order chi connectivity index (χ0) is 26.6. The maximum Gasteiger partial charge on any atom is 0.310 e. The molecule has 0 aromatic carbocycles. The van der Waals surface area contributed by atoms with Crippen molar-refractivity contribution in [3.63, 3.8) is 0 Å². The standard InChI is InChI=1S/C28H39NO6S/c1-16-8-7-9-17(2)26(32)19(4)27(33)28(6)14-25(31)35-23(28)13-24(30)34-22(11-10-16)18(3)12-21-15-36-20(5)29-21/h10,12,15,17,19,22-23,26,32H,7-9,11,13-14H2,1-6H3/b16-10-,18-12+/t17-,19+,22-,23-,26-,28+/m0/s1. The number of nitrogens with zero attached hydrogens (tertiary/aromatic N) is 1. The molecule has 3 rings (SSSR count). The smallest absolute Gasteiger partial charge is 0.310 e. The van der Waals surface area contributed by atoms with Crippen molar-refractivity contribution in [2.24, 2.45) is 17.3 Å². The minimum absolute atomic E-state index is 0.0748. The number of rotatable bonds is 2. The van der Waals surface area contributed by atoms with Crippen molar-refractivity contribution in [1.29, 1.82) is 0 Å². The van der Waals surface area contributed by atoms with E-state index in [0.29, 0.717) is 6.42 Å². The van der Waals surface area contributed by atoms with Gasteiger partial charge in [0.15, 0.2) is 0 Å². The Morgan fingerprint density at radius 1 is 1.19 bits per heavy atom. The molecule has 1 aromatic heterocycles. The van der Waals surface area contributed by atoms with Crippen molar-refractivity contribution < 1.29 is 29.0 Å². The highest BCUT2D eigenvalue weighted by Crippen LogP contribution is 2.41. The molecule has 0 bridgehead atoms. The van der Waals surface area contributed by atoms with Crippen LogP contribution in [-0.2, 0) is 23.9 Å². The number of esters is 2. The van der Waals surface area contributed by atoms with Crippen LogP contribution in [0.4, 0.5) is 0 Å². The van der Waals surface area contributed by atoms with Gasteiger partial charge in [0, 0.05) is 17.7 Å². The van der Waals surface area contributed by atoms with E-state index < -0.39 is 41.6 Å². The molecule has 2 aliphatic rings. The maximum atomic E-state index is 13.5. The molecule has 0 amide bonds. The highest BCUT2D eigenvalue weighted by molar-refractivity contribution is 7.09. The van der Waals surface area contributed by atoms with Gasteiger partial charge in [0.2, 0.25) is 0 Å². The van der Waals surface area contributed by atoms with Gasteiger partial charge in [-0.15, -0.1) is 11.3 Å². The van der Waals surface area contributed by atoms with Crippen molar-refractivity contribution in [2.45, 2.75) is 98.4 Å². The second-order valence-corrected chi connectivity index (χ2v) is 11.8. The fourth-order valence-electron chi connectivity index (χ4n) is 5.17. The predicted molar refractivity (Wildman–Crippen MR) is 139 cm³/mol. The molecule has 3 heterocycles. The predicted octanol–water partition coefficient (Wildman–Crippen LogP) is 5.20. The second-order valence-electron chi connectivity index (χ2n) is 10.7. The van der Waals surface area contributed by atoms with E-state index in [9.17, 15) is 19.5 Å². The van der Waals surface area contributed by atoms with Gasteiger partial charge in [-0.25, -0.2) is 4.98 Å². The molecule has 0 aliphatic carbocycles. The van der Waals surface area contributed by atoms with Gasteiger partial charge in [-0.2, -0.15) is 0 Å². The molecule has 2 aliphatic heterocycles. The number of allylic oxidation sites excluding steroid dienone is 1. The van der Waals surface area contributed by atoms with Gasteiger partial charge in [-0.3, -0.25) is 14.4 Å². The molecule has 0 unspecified atom stereocenters. The molecule has 36 heavy (non-hydrogen) atoms. The van der Waals surface area contributed by atoms with Crippen molar-refractivity contribution in [3.05, 3.63) is 33.3 Å². The lowest BCUT2D eigenvalue weighted by Gasteiger charge is -2.33. The van der Waals surface area contributed by atoms with E-state index in [1.807, 2.05) is 32.2 Å². The number of aliphatic hydroxyl groups excluding tert-OH is 1. The number of ether oxygens (including phenoxy) is 2. The molecule has 1 fully saturated rings. The Morgan fingerprint density at radius 2 is 1.92 bits per heavy atom. The number of carbonyl (C=O) groups excluding carboxylic acids is 3. The quantitative estimate of drug-likeness (QED) is 0.425. The van der Waals surface area contributed by atoms with Crippen LogP contribution in [0.5, 0.6) is 0 Å². The fourth-order valence-corrected chi connectivity index (χ4v) is 5.74. The van der Waals surface area contributed by atoms with Gasteiger partial charge in [0.05, 0.1) is 35.1 Å². The Balaban J connectivity index is 1.91. The summed E-state index contributed by atoms with van der Waals surface area (Å²) in [5.41, 5.74) is 1.68. The van der Waals surface area contributed by atoms with Gasteiger partial charge in [-0.05, 0) is 64.5 Å². The number of fused-ring (bicyclic) bond motifs is 1. The first-order chi connectivity index (χ1) is 16.9. The van der Waals surface area contributed by atoms with Gasteiger partial charge in [0.1, 0.15) is 18.0 Å². The summed E-state index contributed by atoms with van der Waals surface area (Å²) in [4.78, 5) is 43.3. The molecular formula is C28H39NO6S. The molecule has 6 atom stereocenters. The molecule has 7 nitrogen and oxygen atoms in total. The molecule has 8 heteroatoms. The van der Waals surface area contributed by atoms with Crippen molar-refractivity contribution in [3.8, 4) is 0 Å². The van der Waals surface area contributed by atoms with E-state index in [2.05, 4.69) is 18.0 Å². The highest BCUT2D eigenvalue weighted by Gasteiger charge is 2.53. The summed E-state index contributed by atoms with van der Waals surface area (Å²) in [6.07, 6.45) is 4.47. The number of hydrogen-bond donors (Lipinski definition) is 1. The number of ketones is 1. The number of cyclic esters (lactones) is 1. The maximum absolute atomic E-state index is 13.5. The monoisotopic (exact) mass is 517 g/mol. The zero-order valence-corrected chi connectivity index (χ0v) is 23.0. The number of aromatic nitrogens is 1. The summed E-state index contributed by atoms with van der Waals surface area (Å²) in [7, 11) is 0. The summed E-state index contributed by atoms with van der Waals surface area (Å²) < 4.78 is 11.4. The first kappa shape index (κ1) is 28.3. The van der Waals surface area contributed by atoms with Gasteiger partial charge in [-0.1, -0.05) is 25.5 Å². The Labute approximate surface area is 218 Å². The minimum atomic E-state index is -1.19. The molecule has 198 valence electrons. The van der Waals surface area contributed by atoms with Crippen LogP contribution in [0.3, 0.4) is 0 Å². The summed E-state index contributed by atoms with van der Waals surface area (Å²) >= 11 is 1.56. The van der Waals surface area contributed by atoms with Crippen LogP contribution in [0, 0.1) is 24.2 Å². The van der Waals surface area contributed by atoms with Crippen LogP contribution >= 0.6 is 11.3 Å². The third kappa shape index (κ3) is 6.71. The van der Waals surface area contributed by atoms with Gasteiger partial charge in [0.25, 0.3) is 0 Å². The Bertz CT molecular complexity index is 1040. The van der Waals surface area contributed by atoms with E-state index in [-0.39, 0.29) is 24.5 Å². The number of aliphatic hydroxyl groups is 1. The van der Waals surface area contributed by atoms with Crippen molar-refractivity contribution >= 4 is 35.1 Å². The molecule has 0 saturated carbocycles. The average Bonchev–Trinajstić information content (AvgIpc) is 3.35. The number of aryl methyl sites for hydroxylation is 1. The van der Waals surface area contributed by atoms with Crippen LogP contribution in [0.2, 0.25) is 0 Å². The average molecular weight is 518 g/mol. The Morgan fingerprint density at radius 3 is 2.58 bits per heavy atom. The second kappa shape index (κ2) is 11.8. The molecule has 0 radical (unpaired) electrons. The van der Waals surface area contributed by atoms with Gasteiger partial charge >= 0.3 is 11.9 Å². The topological polar surface area (TPSA) is 103 Å². The number of thiazole rings is 1. The van der Waals surface area contributed by atoms with Crippen LogP contribution in [0.1, 0.15) is 83.8 Å². The SMILES string of the molecule is C/C1=C/C[C@@H](/C(C)=C/c2csc(C)n2)OC(=O)C[C@@H]2OC(=O)C[C@@]2(C)C(=O)[C@H](C)[C@@H](O)[C@@H](C)CCC1. The summed E-state index contributed by atoms with van der Waals surface area (Å²) in [5, 5.41) is 13.8. The van der Waals surface area contributed by atoms with E-state index in [0.717, 1.165) is 35.5 Å². The van der Waals surface area contributed by atoms with Crippen LogP contribution < -0.4 is 0 Å². The number of Topliss-reactive ketones (excluding diaryl/α,β-unsaturated/α-hetero) is 1. The lowest BCUT2D eigenvalue weighted by atomic mass is 9.71. The first-order valence-corrected chi connectivity index (χ1v) is 13.7. The largest absolute Gasteiger partial charge is 0.461 e. The van der Waals surface area contributed by atoms with Crippen LogP contribution in [0.25, 0.3) is 6.08 Å². The van der Waals surface area contributed by atoms with E-state index in [4.69, 9.17) is 9.47 Å². The summed E-state index contributed by atoms with van der Waals surface area (Å²) in [6.45, 7) is 11.2. The van der Waals surface area contributed by atoms with Crippen molar-refractivity contribution in [2.75, 3.05) is 0 Å². The normalized spacial score (nSPS) is 35.0. The summed E-state index contributed by atoms with van der Waals surface area (Å²) in [5.74, 6) is -2.04. The van der Waals surface area contributed by atoms with E-state index in [1.54, 1.807) is 25.2 Å². The first-order valence-electron chi connectivity index (χ1n) is 12.8. The molecule has 0 spiro atoms. The Kier molecular flexibility index (Phi) is 9.28. The zero-order valence-electron chi connectivity index (χ0n) is 22.2. The third-order valence-electron chi connectivity index (χ3n) is 7.62. The highest BCUT2D eigenvalue weighted by atomic mass is 32.1. The molecule has 1 aromatic rings. The van der Waals surface area contributed by atoms with Crippen LogP contribution in [-0.4, -0.2) is 46.1 Å². The van der Waals surface area contributed by atoms with Gasteiger partial charge < -0.3 is 14.6 Å². The fraction of sp³-hybridized carbons (Fsp3) is 0.643. The lowest BCUT2D eigenvalue weighted by Crippen LogP contribution is -2.45. The van der Waals surface area contributed by atoms with Crippen LogP contribution in [0.15, 0.2) is 22.6 Å².